The highest BCUT2D eigenvalue weighted by Gasteiger charge is 2.35. The molecule has 8 heteroatoms. The van der Waals surface area contributed by atoms with Gasteiger partial charge >= 0.3 is 5.97 Å². The number of carboxylic acid groups (broad SMARTS) is 1. The van der Waals surface area contributed by atoms with Gasteiger partial charge in [0.2, 0.25) is 0 Å². The van der Waals surface area contributed by atoms with Gasteiger partial charge in [-0.1, -0.05) is 29.8 Å². The number of likely N-dealkylation sites (tertiary alicyclic amines) is 1. The number of hydrogen-bond donors (Lipinski definition) is 3. The van der Waals surface area contributed by atoms with Gasteiger partial charge in [0.25, 0.3) is 5.91 Å². The zero-order chi connectivity index (χ0) is 22.7. The first kappa shape index (κ1) is 22.6. The first-order valence-electron chi connectivity index (χ1n) is 10.9. The number of halogens is 1. The van der Waals surface area contributed by atoms with E-state index in [1.165, 1.54) is 0 Å². The van der Waals surface area contributed by atoms with Crippen molar-refractivity contribution in [2.75, 3.05) is 31.1 Å². The van der Waals surface area contributed by atoms with Crippen molar-refractivity contribution in [1.29, 1.82) is 0 Å². The Hall–Kier alpha value is -2.61. The second-order valence-electron chi connectivity index (χ2n) is 8.52. The molecule has 170 valence electrons. The van der Waals surface area contributed by atoms with Gasteiger partial charge in [0.05, 0.1) is 18.6 Å². The number of para-hydroxylation sites is 1. The Morgan fingerprint density at radius 1 is 1.03 bits per heavy atom. The van der Waals surface area contributed by atoms with Gasteiger partial charge < -0.3 is 25.3 Å². The molecule has 0 saturated carbocycles. The molecule has 2 saturated heterocycles. The number of β-amino-alcohol motifs (C(OH)–C–C–N with tert-alkyl or cyclic N) is 1. The number of aliphatic hydroxyl groups excluding tert-OH is 1. The summed E-state index contributed by atoms with van der Waals surface area (Å²) in [6.07, 6.45) is 1.05. The van der Waals surface area contributed by atoms with Crippen molar-refractivity contribution in [2.45, 2.75) is 37.5 Å². The molecule has 1 amide bonds. The number of carbonyl (C=O) groups excluding carboxylic acids is 1. The normalized spacial score (nSPS) is 21.7. The zero-order valence-corrected chi connectivity index (χ0v) is 18.5. The Balaban J connectivity index is 1.32. The molecule has 2 heterocycles. The van der Waals surface area contributed by atoms with Crippen LogP contribution in [0.15, 0.2) is 48.5 Å². The number of amides is 1. The fraction of sp³-hybridized carbons (Fsp3) is 0.417. The molecule has 2 aromatic carbocycles. The molecular weight excluding hydrogens is 430 g/mol. The number of carbonyl (C=O) groups is 2. The number of rotatable bonds is 6. The summed E-state index contributed by atoms with van der Waals surface area (Å²) in [5.41, 5.74) is 2.26. The van der Waals surface area contributed by atoms with Crippen LogP contribution in [-0.2, 0) is 11.2 Å². The van der Waals surface area contributed by atoms with Crippen molar-refractivity contribution in [2.24, 2.45) is 0 Å². The van der Waals surface area contributed by atoms with Gasteiger partial charge in [0.15, 0.2) is 0 Å². The second kappa shape index (κ2) is 9.90. The SMILES string of the molecule is O=C(O)Cc1ccccc1N1C[C@@H](O)[C@H](NC2CCN(C(=O)c3ccc(Cl)cc3)CC2)C1. The first-order valence-corrected chi connectivity index (χ1v) is 11.3. The number of nitrogens with one attached hydrogen (secondary N) is 1. The summed E-state index contributed by atoms with van der Waals surface area (Å²) in [6, 6.07) is 14.5. The lowest BCUT2D eigenvalue weighted by Gasteiger charge is -2.34. The highest BCUT2D eigenvalue weighted by molar-refractivity contribution is 6.30. The van der Waals surface area contributed by atoms with E-state index in [9.17, 15) is 19.8 Å². The predicted octanol–water partition coefficient (Wildman–Crippen LogP) is 2.41. The smallest absolute Gasteiger partial charge is 0.307 e. The Morgan fingerprint density at radius 3 is 2.41 bits per heavy atom. The van der Waals surface area contributed by atoms with Gasteiger partial charge in [0, 0.05) is 48.5 Å². The summed E-state index contributed by atoms with van der Waals surface area (Å²) in [6.45, 7) is 2.39. The maximum atomic E-state index is 12.7. The van der Waals surface area contributed by atoms with Gasteiger partial charge in [-0.05, 0) is 48.7 Å². The minimum Gasteiger partial charge on any atom is -0.481 e. The first-order chi connectivity index (χ1) is 15.4. The molecule has 2 aliphatic rings. The predicted molar refractivity (Wildman–Crippen MR) is 123 cm³/mol. The number of aliphatic carboxylic acids is 1. The molecular formula is C24H28ClN3O4. The van der Waals surface area contributed by atoms with Crippen molar-refractivity contribution in [3.63, 3.8) is 0 Å². The summed E-state index contributed by atoms with van der Waals surface area (Å²) < 4.78 is 0. The lowest BCUT2D eigenvalue weighted by atomic mass is 10.0. The molecule has 2 aliphatic heterocycles. The van der Waals surface area contributed by atoms with Crippen LogP contribution in [0.3, 0.4) is 0 Å². The number of piperidine rings is 1. The zero-order valence-electron chi connectivity index (χ0n) is 17.8. The second-order valence-corrected chi connectivity index (χ2v) is 8.95. The van der Waals surface area contributed by atoms with Crippen molar-refractivity contribution in [3.8, 4) is 0 Å². The monoisotopic (exact) mass is 457 g/mol. The number of carboxylic acids is 1. The van der Waals surface area contributed by atoms with E-state index in [2.05, 4.69) is 10.2 Å². The van der Waals surface area contributed by atoms with E-state index in [0.717, 1.165) is 24.1 Å². The van der Waals surface area contributed by atoms with Gasteiger partial charge in [-0.25, -0.2) is 0 Å². The van der Waals surface area contributed by atoms with Crippen molar-refractivity contribution < 1.29 is 19.8 Å². The molecule has 32 heavy (non-hydrogen) atoms. The van der Waals surface area contributed by atoms with Gasteiger partial charge in [-0.2, -0.15) is 0 Å². The molecule has 7 nitrogen and oxygen atoms in total. The van der Waals surface area contributed by atoms with E-state index < -0.39 is 12.1 Å². The van der Waals surface area contributed by atoms with Crippen LogP contribution in [0.2, 0.25) is 5.02 Å². The average Bonchev–Trinajstić information content (AvgIpc) is 3.14. The van der Waals surface area contributed by atoms with Crippen molar-refractivity contribution in [3.05, 3.63) is 64.7 Å². The summed E-state index contributed by atoms with van der Waals surface area (Å²) in [5.74, 6) is -0.853. The van der Waals surface area contributed by atoms with Gasteiger partial charge in [0.1, 0.15) is 0 Å². The third kappa shape index (κ3) is 5.23. The maximum Gasteiger partial charge on any atom is 0.307 e. The Bertz CT molecular complexity index is 960. The molecule has 0 bridgehead atoms. The highest BCUT2D eigenvalue weighted by atomic mass is 35.5. The molecule has 3 N–H and O–H groups in total. The molecule has 0 spiro atoms. The summed E-state index contributed by atoms with van der Waals surface area (Å²) >= 11 is 5.91. The number of nitrogens with zero attached hydrogens (tertiary/aromatic N) is 2. The summed E-state index contributed by atoms with van der Waals surface area (Å²) in [4.78, 5) is 27.8. The molecule has 0 unspecified atom stereocenters. The molecule has 0 aliphatic carbocycles. The van der Waals surface area contributed by atoms with E-state index in [-0.39, 0.29) is 24.4 Å². The van der Waals surface area contributed by atoms with E-state index >= 15 is 0 Å². The van der Waals surface area contributed by atoms with E-state index in [1.54, 1.807) is 24.3 Å². The standard InChI is InChI=1S/C24H28ClN3O4/c25-18-7-5-16(6-8-18)24(32)27-11-9-19(10-12-27)26-20-14-28(15-22(20)29)21-4-2-1-3-17(21)13-23(30)31/h1-8,19-20,22,26,29H,9-15H2,(H,30,31)/t20-,22-/m1/s1. The Labute approximate surface area is 192 Å². The molecule has 4 rings (SSSR count). The topological polar surface area (TPSA) is 93.1 Å². The van der Waals surface area contributed by atoms with E-state index in [4.69, 9.17) is 11.6 Å². The van der Waals surface area contributed by atoms with Crippen LogP contribution in [0.25, 0.3) is 0 Å². The Kier molecular flexibility index (Phi) is 6.98. The quantitative estimate of drug-likeness (QED) is 0.617. The fourth-order valence-electron chi connectivity index (χ4n) is 4.61. The largest absolute Gasteiger partial charge is 0.481 e. The number of aliphatic hydroxyl groups is 1. The van der Waals surface area contributed by atoms with Gasteiger partial charge in [-0.3, -0.25) is 9.59 Å². The minimum absolute atomic E-state index is 0.0160. The third-order valence-corrected chi connectivity index (χ3v) is 6.54. The molecule has 2 aromatic rings. The molecule has 2 atom stereocenters. The molecule has 0 radical (unpaired) electrons. The number of anilines is 1. The van der Waals surface area contributed by atoms with Crippen LogP contribution in [0.1, 0.15) is 28.8 Å². The van der Waals surface area contributed by atoms with Crippen LogP contribution < -0.4 is 10.2 Å². The van der Waals surface area contributed by atoms with Crippen molar-refractivity contribution >= 4 is 29.2 Å². The lowest BCUT2D eigenvalue weighted by Crippen LogP contribution is -2.50. The summed E-state index contributed by atoms with van der Waals surface area (Å²) in [5, 5.41) is 24.0. The van der Waals surface area contributed by atoms with Crippen LogP contribution in [0, 0.1) is 0 Å². The van der Waals surface area contributed by atoms with Crippen molar-refractivity contribution in [1.82, 2.24) is 10.2 Å². The third-order valence-electron chi connectivity index (χ3n) is 6.29. The molecule has 2 fully saturated rings. The number of hydrogen-bond acceptors (Lipinski definition) is 5. The van der Waals surface area contributed by atoms with Crippen LogP contribution >= 0.6 is 11.6 Å². The highest BCUT2D eigenvalue weighted by Crippen LogP contribution is 2.26. The fourth-order valence-corrected chi connectivity index (χ4v) is 4.73. The van der Waals surface area contributed by atoms with E-state index in [0.29, 0.717) is 36.8 Å². The van der Waals surface area contributed by atoms with Crippen LogP contribution in [-0.4, -0.2) is 71.4 Å². The van der Waals surface area contributed by atoms with Gasteiger partial charge in [-0.15, -0.1) is 0 Å². The van der Waals surface area contributed by atoms with Crippen LogP contribution in [0.5, 0.6) is 0 Å². The average molecular weight is 458 g/mol. The number of benzene rings is 2. The van der Waals surface area contributed by atoms with Crippen LogP contribution in [0.4, 0.5) is 5.69 Å². The lowest BCUT2D eigenvalue weighted by molar-refractivity contribution is -0.136. The summed E-state index contributed by atoms with van der Waals surface area (Å²) in [7, 11) is 0. The molecule has 0 aromatic heterocycles. The minimum atomic E-state index is -0.869. The van der Waals surface area contributed by atoms with E-state index in [1.807, 2.05) is 29.2 Å². The maximum absolute atomic E-state index is 12.7. The Morgan fingerprint density at radius 2 is 1.72 bits per heavy atom.